The molecule has 6 heteroatoms. The molecule has 0 radical (unpaired) electrons. The summed E-state index contributed by atoms with van der Waals surface area (Å²) in [6.45, 7) is 5.38. The number of methoxy groups -OCH3 is 2. The lowest BCUT2D eigenvalue weighted by atomic mass is 10.0. The number of H-pyrrole nitrogens is 1. The monoisotopic (exact) mass is 393 g/mol. The molecule has 0 saturated carbocycles. The number of hydrogen-bond donors (Lipinski definition) is 1. The number of rotatable bonds is 6. The van der Waals surface area contributed by atoms with Crippen molar-refractivity contribution in [2.24, 2.45) is 0 Å². The van der Waals surface area contributed by atoms with Gasteiger partial charge in [0.15, 0.2) is 5.78 Å². The van der Waals surface area contributed by atoms with E-state index in [0.717, 1.165) is 59.8 Å². The third-order valence-corrected chi connectivity index (χ3v) is 5.82. The van der Waals surface area contributed by atoms with E-state index >= 15 is 0 Å². The van der Waals surface area contributed by atoms with Crippen LogP contribution in [0.25, 0.3) is 10.9 Å². The predicted molar refractivity (Wildman–Crippen MR) is 115 cm³/mol. The van der Waals surface area contributed by atoms with Crippen LogP contribution in [0.5, 0.6) is 11.5 Å². The van der Waals surface area contributed by atoms with Crippen molar-refractivity contribution in [2.45, 2.75) is 13.0 Å². The van der Waals surface area contributed by atoms with Crippen molar-refractivity contribution in [3.63, 3.8) is 0 Å². The number of ketones is 1. The van der Waals surface area contributed by atoms with Crippen LogP contribution in [0.15, 0.2) is 48.7 Å². The van der Waals surface area contributed by atoms with E-state index in [4.69, 9.17) is 9.47 Å². The third-order valence-electron chi connectivity index (χ3n) is 5.82. The molecule has 0 unspecified atom stereocenters. The lowest BCUT2D eigenvalue weighted by molar-refractivity contribution is 0.0831. The van der Waals surface area contributed by atoms with Gasteiger partial charge in [0.05, 0.1) is 25.9 Å². The summed E-state index contributed by atoms with van der Waals surface area (Å²) in [5, 5.41) is 0.911. The molecular weight excluding hydrogens is 366 g/mol. The van der Waals surface area contributed by atoms with Gasteiger partial charge in [-0.3, -0.25) is 9.69 Å². The number of fused-ring (bicyclic) bond motifs is 1. The molecule has 2 aromatic carbocycles. The molecule has 1 fully saturated rings. The molecule has 6 nitrogen and oxygen atoms in total. The SMILES string of the molecule is COc1ccc2[nH]cc(C(=O)[C@@H](C)N3CCN(c4ccccc4OC)CC3)c2c1. The molecule has 1 atom stereocenters. The number of benzene rings is 2. The van der Waals surface area contributed by atoms with Crippen LogP contribution in [-0.4, -0.2) is 62.1 Å². The molecule has 1 aliphatic heterocycles. The Morgan fingerprint density at radius 1 is 1.03 bits per heavy atom. The zero-order valence-corrected chi connectivity index (χ0v) is 17.1. The zero-order valence-electron chi connectivity index (χ0n) is 17.1. The van der Waals surface area contributed by atoms with Gasteiger partial charge < -0.3 is 19.4 Å². The minimum Gasteiger partial charge on any atom is -0.497 e. The minimum absolute atomic E-state index is 0.134. The Morgan fingerprint density at radius 2 is 1.79 bits per heavy atom. The largest absolute Gasteiger partial charge is 0.497 e. The Hall–Kier alpha value is -2.99. The molecule has 152 valence electrons. The predicted octanol–water partition coefficient (Wildman–Crippen LogP) is 3.58. The Kier molecular flexibility index (Phi) is 5.45. The molecule has 1 aliphatic rings. The Morgan fingerprint density at radius 3 is 2.52 bits per heavy atom. The van der Waals surface area contributed by atoms with Gasteiger partial charge in [-0.2, -0.15) is 0 Å². The van der Waals surface area contributed by atoms with Gasteiger partial charge in [-0.15, -0.1) is 0 Å². The summed E-state index contributed by atoms with van der Waals surface area (Å²) in [6, 6.07) is 13.7. The second-order valence-corrected chi connectivity index (χ2v) is 7.35. The highest BCUT2D eigenvalue weighted by Gasteiger charge is 2.28. The molecule has 0 aliphatic carbocycles. The number of ether oxygens (including phenoxy) is 2. The fraction of sp³-hybridized carbons (Fsp3) is 0.348. The zero-order chi connectivity index (χ0) is 20.4. The molecule has 1 saturated heterocycles. The maximum atomic E-state index is 13.2. The second kappa shape index (κ2) is 8.17. The van der Waals surface area contributed by atoms with Crippen molar-refractivity contribution >= 4 is 22.4 Å². The number of carbonyl (C=O) groups is 1. The molecule has 0 spiro atoms. The summed E-state index contributed by atoms with van der Waals surface area (Å²) in [5.74, 6) is 1.78. The number of Topliss-reactive ketones (excluding diaryl/α,β-unsaturated/α-hetero) is 1. The Balaban J connectivity index is 1.47. The number of hydrogen-bond acceptors (Lipinski definition) is 5. The van der Waals surface area contributed by atoms with E-state index in [9.17, 15) is 4.79 Å². The van der Waals surface area contributed by atoms with Crippen molar-refractivity contribution in [1.29, 1.82) is 0 Å². The van der Waals surface area contributed by atoms with Gasteiger partial charge in [0, 0.05) is 48.8 Å². The van der Waals surface area contributed by atoms with Crippen LogP contribution in [-0.2, 0) is 0 Å². The lowest BCUT2D eigenvalue weighted by Crippen LogP contribution is -2.51. The van der Waals surface area contributed by atoms with Gasteiger partial charge in [0.1, 0.15) is 11.5 Å². The van der Waals surface area contributed by atoms with Gasteiger partial charge >= 0.3 is 0 Å². The van der Waals surface area contributed by atoms with Gasteiger partial charge in [-0.05, 0) is 37.3 Å². The van der Waals surface area contributed by atoms with Crippen LogP contribution >= 0.6 is 0 Å². The maximum Gasteiger partial charge on any atom is 0.181 e. The van der Waals surface area contributed by atoms with E-state index in [1.807, 2.05) is 49.5 Å². The summed E-state index contributed by atoms with van der Waals surface area (Å²) >= 11 is 0. The number of anilines is 1. The van der Waals surface area contributed by atoms with Crippen LogP contribution in [0.1, 0.15) is 17.3 Å². The van der Waals surface area contributed by atoms with Gasteiger partial charge in [-0.25, -0.2) is 0 Å². The summed E-state index contributed by atoms with van der Waals surface area (Å²) in [5.41, 5.74) is 2.78. The lowest BCUT2D eigenvalue weighted by Gasteiger charge is -2.39. The first kappa shape index (κ1) is 19.3. The smallest absolute Gasteiger partial charge is 0.181 e. The highest BCUT2D eigenvalue weighted by Crippen LogP contribution is 2.29. The van der Waals surface area contributed by atoms with Crippen LogP contribution in [0, 0.1) is 0 Å². The van der Waals surface area contributed by atoms with E-state index in [1.54, 1.807) is 14.2 Å². The highest BCUT2D eigenvalue weighted by molar-refractivity contribution is 6.10. The fourth-order valence-corrected chi connectivity index (χ4v) is 4.06. The number of nitrogens with one attached hydrogen (secondary N) is 1. The van der Waals surface area contributed by atoms with Crippen LogP contribution in [0.3, 0.4) is 0 Å². The molecule has 0 amide bonds. The minimum atomic E-state index is -0.181. The second-order valence-electron chi connectivity index (χ2n) is 7.35. The van der Waals surface area contributed by atoms with E-state index in [1.165, 1.54) is 0 Å². The number of nitrogens with zero attached hydrogens (tertiary/aromatic N) is 2. The molecule has 0 bridgehead atoms. The van der Waals surface area contributed by atoms with Gasteiger partial charge in [-0.1, -0.05) is 12.1 Å². The fourth-order valence-electron chi connectivity index (χ4n) is 4.06. The maximum absolute atomic E-state index is 13.2. The first-order valence-corrected chi connectivity index (χ1v) is 9.93. The molecule has 2 heterocycles. The molecule has 3 aromatic rings. The summed E-state index contributed by atoms with van der Waals surface area (Å²) < 4.78 is 10.8. The number of piperazine rings is 1. The first-order chi connectivity index (χ1) is 14.1. The highest BCUT2D eigenvalue weighted by atomic mass is 16.5. The molecule has 4 rings (SSSR count). The molecule has 1 aromatic heterocycles. The van der Waals surface area contributed by atoms with Crippen molar-refractivity contribution in [3.05, 3.63) is 54.2 Å². The molecule has 29 heavy (non-hydrogen) atoms. The van der Waals surface area contributed by atoms with Crippen LogP contribution < -0.4 is 14.4 Å². The summed E-state index contributed by atoms with van der Waals surface area (Å²) in [6.07, 6.45) is 1.81. The average molecular weight is 393 g/mol. The number of para-hydroxylation sites is 2. The summed E-state index contributed by atoms with van der Waals surface area (Å²) in [4.78, 5) is 21.0. The van der Waals surface area contributed by atoms with Gasteiger partial charge in [0.2, 0.25) is 0 Å². The number of carbonyl (C=O) groups excluding carboxylic acids is 1. The van der Waals surface area contributed by atoms with Crippen molar-refractivity contribution in [2.75, 3.05) is 45.3 Å². The van der Waals surface area contributed by atoms with Crippen molar-refractivity contribution < 1.29 is 14.3 Å². The third kappa shape index (κ3) is 3.68. The number of aromatic amines is 1. The van der Waals surface area contributed by atoms with Crippen LogP contribution in [0.4, 0.5) is 5.69 Å². The quantitative estimate of drug-likeness (QED) is 0.649. The Bertz CT molecular complexity index is 1010. The first-order valence-electron chi connectivity index (χ1n) is 9.93. The van der Waals surface area contributed by atoms with Crippen molar-refractivity contribution in [1.82, 2.24) is 9.88 Å². The van der Waals surface area contributed by atoms with Crippen molar-refractivity contribution in [3.8, 4) is 11.5 Å². The van der Waals surface area contributed by atoms with E-state index < -0.39 is 0 Å². The van der Waals surface area contributed by atoms with Gasteiger partial charge in [0.25, 0.3) is 0 Å². The average Bonchev–Trinajstić information content (AvgIpc) is 3.21. The summed E-state index contributed by atoms with van der Waals surface area (Å²) in [7, 11) is 3.34. The van der Waals surface area contributed by atoms with E-state index in [2.05, 4.69) is 20.9 Å². The molecular formula is C23H27N3O3. The van der Waals surface area contributed by atoms with Crippen LogP contribution in [0.2, 0.25) is 0 Å². The van der Waals surface area contributed by atoms with E-state index in [0.29, 0.717) is 0 Å². The standard InChI is InChI=1S/C23H27N3O3/c1-16(23(27)19-15-24-20-9-8-17(28-2)14-18(19)20)25-10-12-26(13-11-25)21-6-4-5-7-22(21)29-3/h4-9,14-16,24H,10-13H2,1-3H3/t16-/m1/s1. The molecule has 1 N–H and O–H groups in total. The normalized spacial score (nSPS) is 16.0. The Labute approximate surface area is 171 Å². The number of aromatic nitrogens is 1. The van der Waals surface area contributed by atoms with E-state index in [-0.39, 0.29) is 11.8 Å². The topological polar surface area (TPSA) is 57.8 Å².